The van der Waals surface area contributed by atoms with Gasteiger partial charge in [-0.05, 0) is 42.0 Å². The summed E-state index contributed by atoms with van der Waals surface area (Å²) in [6.07, 6.45) is -3.42. The highest BCUT2D eigenvalue weighted by Crippen LogP contribution is 2.37. The van der Waals surface area contributed by atoms with E-state index in [4.69, 9.17) is 26.8 Å². The van der Waals surface area contributed by atoms with Crippen LogP contribution in [0.4, 0.5) is 18.9 Å². The van der Waals surface area contributed by atoms with Gasteiger partial charge in [0.15, 0.2) is 18.1 Å². The number of methoxy groups -OCH3 is 1. The second-order valence-electron chi connectivity index (χ2n) is 5.99. The first-order valence-corrected chi connectivity index (χ1v) is 8.82. The molecule has 0 saturated carbocycles. The van der Waals surface area contributed by atoms with Crippen molar-refractivity contribution >= 4 is 35.2 Å². The predicted octanol–water partition coefficient (Wildman–Crippen LogP) is 3.78. The molecule has 3 N–H and O–H groups in total. The van der Waals surface area contributed by atoms with Gasteiger partial charge in [-0.15, -0.1) is 0 Å². The van der Waals surface area contributed by atoms with Gasteiger partial charge in [0.25, 0.3) is 11.8 Å². The van der Waals surface area contributed by atoms with E-state index in [1.165, 1.54) is 25.3 Å². The molecule has 0 fully saturated rings. The summed E-state index contributed by atoms with van der Waals surface area (Å²) in [5, 5.41) is 11.6. The van der Waals surface area contributed by atoms with Crippen molar-refractivity contribution in [3.8, 4) is 17.6 Å². The predicted molar refractivity (Wildman–Crippen MR) is 106 cm³/mol. The van der Waals surface area contributed by atoms with Gasteiger partial charge in [0, 0.05) is 5.69 Å². The number of hydrogen-bond acceptors (Lipinski definition) is 5. The van der Waals surface area contributed by atoms with Crippen LogP contribution in [0.1, 0.15) is 11.1 Å². The number of nitrogens with zero attached hydrogens (tertiary/aromatic N) is 1. The van der Waals surface area contributed by atoms with Crippen molar-refractivity contribution in [2.75, 3.05) is 19.0 Å². The normalized spacial score (nSPS) is 11.4. The summed E-state index contributed by atoms with van der Waals surface area (Å²) in [5.41, 5.74) is 3.81. The summed E-state index contributed by atoms with van der Waals surface area (Å²) < 4.78 is 48.8. The lowest BCUT2D eigenvalue weighted by molar-refractivity contribution is -0.137. The molecule has 0 bridgehead atoms. The maximum absolute atomic E-state index is 12.8. The first kappa shape index (κ1) is 23.6. The molecule has 0 spiro atoms. The molecule has 0 unspecified atom stereocenters. The Labute approximate surface area is 179 Å². The van der Waals surface area contributed by atoms with Crippen LogP contribution in [-0.2, 0) is 15.8 Å². The Hall–Kier alpha value is -3.71. The van der Waals surface area contributed by atoms with E-state index in [0.717, 1.165) is 24.3 Å². The Bertz CT molecular complexity index is 1080. The number of primary amides is 1. The summed E-state index contributed by atoms with van der Waals surface area (Å²) >= 11 is 6.12. The monoisotopic (exact) mass is 453 g/mol. The average molecular weight is 454 g/mol. The molecule has 0 heterocycles. The second kappa shape index (κ2) is 9.86. The smallest absolute Gasteiger partial charge is 0.416 e. The van der Waals surface area contributed by atoms with Crippen LogP contribution in [0.3, 0.4) is 0 Å². The number of nitrogens with two attached hydrogens (primary N) is 1. The molecule has 0 aromatic heterocycles. The number of ether oxygens (including phenoxy) is 2. The molecule has 0 aliphatic rings. The first-order chi connectivity index (χ1) is 14.5. The van der Waals surface area contributed by atoms with Crippen molar-refractivity contribution in [1.82, 2.24) is 0 Å². The third kappa shape index (κ3) is 6.38. The molecule has 162 valence electrons. The van der Waals surface area contributed by atoms with Crippen molar-refractivity contribution < 1.29 is 32.2 Å². The van der Waals surface area contributed by atoms with Gasteiger partial charge < -0.3 is 20.5 Å². The number of anilines is 1. The van der Waals surface area contributed by atoms with E-state index in [1.54, 1.807) is 6.07 Å². The van der Waals surface area contributed by atoms with Crippen LogP contribution in [0.15, 0.2) is 42.0 Å². The quantitative estimate of drug-likeness (QED) is 0.489. The molecule has 0 aliphatic carbocycles. The van der Waals surface area contributed by atoms with Gasteiger partial charge in [-0.1, -0.05) is 17.7 Å². The van der Waals surface area contributed by atoms with Gasteiger partial charge in [-0.3, -0.25) is 9.59 Å². The van der Waals surface area contributed by atoms with Crippen molar-refractivity contribution in [1.29, 1.82) is 5.26 Å². The zero-order valence-electron chi connectivity index (χ0n) is 15.9. The maximum Gasteiger partial charge on any atom is 0.416 e. The average Bonchev–Trinajstić information content (AvgIpc) is 2.70. The van der Waals surface area contributed by atoms with E-state index in [0.29, 0.717) is 0 Å². The largest absolute Gasteiger partial charge is 0.493 e. The minimum absolute atomic E-state index is 0.0161. The SMILES string of the molecule is COc1cc(/C=C(\C#N)C(=O)Nc2cccc(C(F)(F)F)c2)cc(Cl)c1OCC(N)=O. The molecule has 0 saturated heterocycles. The Balaban J connectivity index is 2.30. The van der Waals surface area contributed by atoms with Crippen LogP contribution >= 0.6 is 11.6 Å². The van der Waals surface area contributed by atoms with Crippen LogP contribution in [0, 0.1) is 11.3 Å². The van der Waals surface area contributed by atoms with E-state index < -0.39 is 35.7 Å². The van der Waals surface area contributed by atoms with Crippen LogP contribution in [0.2, 0.25) is 5.02 Å². The Morgan fingerprint density at radius 1 is 1.29 bits per heavy atom. The minimum atomic E-state index is -4.58. The minimum Gasteiger partial charge on any atom is -0.493 e. The van der Waals surface area contributed by atoms with Gasteiger partial charge >= 0.3 is 6.18 Å². The number of nitriles is 1. The molecule has 11 heteroatoms. The molecule has 31 heavy (non-hydrogen) atoms. The molecule has 0 radical (unpaired) electrons. The lowest BCUT2D eigenvalue weighted by atomic mass is 10.1. The summed E-state index contributed by atoms with van der Waals surface area (Å²) in [7, 11) is 1.31. The topological polar surface area (TPSA) is 114 Å². The molecular weight excluding hydrogens is 439 g/mol. The van der Waals surface area contributed by atoms with E-state index in [1.807, 2.05) is 0 Å². The number of carbonyl (C=O) groups excluding carboxylic acids is 2. The number of carbonyl (C=O) groups is 2. The lowest BCUT2D eigenvalue weighted by Crippen LogP contribution is -2.20. The highest BCUT2D eigenvalue weighted by molar-refractivity contribution is 6.32. The fourth-order valence-electron chi connectivity index (χ4n) is 2.39. The van der Waals surface area contributed by atoms with Gasteiger partial charge in [-0.25, -0.2) is 0 Å². The summed E-state index contributed by atoms with van der Waals surface area (Å²) in [6.45, 7) is -0.450. The number of nitrogens with one attached hydrogen (secondary N) is 1. The number of alkyl halides is 3. The number of rotatable bonds is 7. The van der Waals surface area contributed by atoms with Gasteiger partial charge in [-0.2, -0.15) is 18.4 Å². The second-order valence-corrected chi connectivity index (χ2v) is 6.40. The fraction of sp³-hybridized carbons (Fsp3) is 0.150. The summed E-state index contributed by atoms with van der Waals surface area (Å²) in [6, 6.07) is 8.39. The molecule has 0 aliphatic heterocycles. The molecule has 2 aromatic carbocycles. The number of benzene rings is 2. The van der Waals surface area contributed by atoms with E-state index in [-0.39, 0.29) is 27.8 Å². The zero-order valence-corrected chi connectivity index (χ0v) is 16.7. The molecule has 2 aromatic rings. The zero-order chi connectivity index (χ0) is 23.2. The molecular formula is C20H15ClF3N3O4. The molecule has 0 atom stereocenters. The summed E-state index contributed by atoms with van der Waals surface area (Å²) in [4.78, 5) is 23.3. The summed E-state index contributed by atoms with van der Waals surface area (Å²) in [5.74, 6) is -1.52. The van der Waals surface area contributed by atoms with Crippen molar-refractivity contribution in [2.24, 2.45) is 5.73 Å². The van der Waals surface area contributed by atoms with Crippen LogP contribution in [0.25, 0.3) is 6.08 Å². The lowest BCUT2D eigenvalue weighted by Gasteiger charge is -2.12. The highest BCUT2D eigenvalue weighted by Gasteiger charge is 2.30. The van der Waals surface area contributed by atoms with E-state index in [2.05, 4.69) is 5.32 Å². The molecule has 7 nitrogen and oxygen atoms in total. The highest BCUT2D eigenvalue weighted by atomic mass is 35.5. The third-order valence-corrected chi connectivity index (χ3v) is 4.02. The van der Waals surface area contributed by atoms with Crippen LogP contribution in [0.5, 0.6) is 11.5 Å². The van der Waals surface area contributed by atoms with Gasteiger partial charge in [0.2, 0.25) is 0 Å². The Kier molecular flexibility index (Phi) is 7.50. The van der Waals surface area contributed by atoms with Gasteiger partial charge in [0.05, 0.1) is 17.7 Å². The third-order valence-electron chi connectivity index (χ3n) is 3.73. The van der Waals surface area contributed by atoms with Crippen molar-refractivity contribution in [3.05, 3.63) is 58.1 Å². The Morgan fingerprint density at radius 2 is 2.00 bits per heavy atom. The first-order valence-electron chi connectivity index (χ1n) is 8.44. The Morgan fingerprint density at radius 3 is 2.58 bits per heavy atom. The standard InChI is InChI=1S/C20H15ClF3N3O4/c1-30-16-7-11(6-15(21)18(16)31-10-17(26)28)5-12(9-25)19(29)27-14-4-2-3-13(8-14)20(22,23)24/h2-8H,10H2,1H3,(H2,26,28)(H,27,29)/b12-5+. The maximum atomic E-state index is 12.8. The van der Waals surface area contributed by atoms with Crippen molar-refractivity contribution in [2.45, 2.75) is 6.18 Å². The number of hydrogen-bond donors (Lipinski definition) is 2. The van der Waals surface area contributed by atoms with Crippen LogP contribution in [-0.4, -0.2) is 25.5 Å². The van der Waals surface area contributed by atoms with E-state index in [9.17, 15) is 28.0 Å². The number of amides is 2. The van der Waals surface area contributed by atoms with Crippen molar-refractivity contribution in [3.63, 3.8) is 0 Å². The van der Waals surface area contributed by atoms with E-state index >= 15 is 0 Å². The number of halogens is 4. The van der Waals surface area contributed by atoms with Gasteiger partial charge in [0.1, 0.15) is 11.6 Å². The molecule has 2 rings (SSSR count). The molecule has 2 amide bonds. The fourth-order valence-corrected chi connectivity index (χ4v) is 2.67. The van der Waals surface area contributed by atoms with Crippen LogP contribution < -0.4 is 20.5 Å².